The molecule has 9 heteroatoms. The van der Waals surface area contributed by atoms with E-state index < -0.39 is 0 Å². The van der Waals surface area contributed by atoms with Crippen molar-refractivity contribution in [3.63, 3.8) is 0 Å². The Labute approximate surface area is 201 Å². The van der Waals surface area contributed by atoms with Crippen LogP contribution in [0.4, 0.5) is 11.4 Å². The number of rotatable bonds is 6. The van der Waals surface area contributed by atoms with E-state index in [1.807, 2.05) is 36.4 Å². The lowest BCUT2D eigenvalue weighted by molar-refractivity contribution is -0.384. The second-order valence-electron chi connectivity index (χ2n) is 8.04. The molecular weight excluding hydrogens is 454 g/mol. The van der Waals surface area contributed by atoms with Crippen molar-refractivity contribution in [1.29, 1.82) is 0 Å². The zero-order valence-corrected chi connectivity index (χ0v) is 19.0. The van der Waals surface area contributed by atoms with Gasteiger partial charge in [0.1, 0.15) is 6.04 Å². The van der Waals surface area contributed by atoms with Gasteiger partial charge in [0.15, 0.2) is 0 Å². The van der Waals surface area contributed by atoms with Crippen LogP contribution in [0.1, 0.15) is 17.5 Å². The molecule has 5 rings (SSSR count). The normalized spacial score (nSPS) is 15.3. The summed E-state index contributed by atoms with van der Waals surface area (Å²) in [4.78, 5) is 15.1. The summed E-state index contributed by atoms with van der Waals surface area (Å²) >= 11 is 6.33. The molecule has 0 amide bonds. The van der Waals surface area contributed by atoms with Gasteiger partial charge < -0.3 is 9.32 Å². The van der Waals surface area contributed by atoms with Crippen LogP contribution in [0.15, 0.2) is 83.3 Å². The van der Waals surface area contributed by atoms with Crippen molar-refractivity contribution in [2.75, 3.05) is 31.1 Å². The number of non-ortho nitro benzene ring substituents is 1. The average Bonchev–Trinajstić information content (AvgIpc) is 3.35. The van der Waals surface area contributed by atoms with Gasteiger partial charge >= 0.3 is 0 Å². The van der Waals surface area contributed by atoms with E-state index in [9.17, 15) is 10.1 Å². The highest BCUT2D eigenvalue weighted by Gasteiger charge is 2.31. The number of nitro benzene ring substituents is 1. The van der Waals surface area contributed by atoms with Crippen LogP contribution >= 0.6 is 11.6 Å². The summed E-state index contributed by atoms with van der Waals surface area (Å²) in [6.45, 7) is 3.07. The molecule has 8 nitrogen and oxygen atoms in total. The molecule has 4 aromatic rings. The highest BCUT2D eigenvalue weighted by molar-refractivity contribution is 6.33. The van der Waals surface area contributed by atoms with Gasteiger partial charge in [0, 0.05) is 44.0 Å². The molecule has 1 aromatic heterocycles. The average molecular weight is 476 g/mol. The third-order valence-electron chi connectivity index (χ3n) is 6.00. The molecule has 1 saturated heterocycles. The second-order valence-corrected chi connectivity index (χ2v) is 8.44. The summed E-state index contributed by atoms with van der Waals surface area (Å²) in [5.41, 5.74) is 2.84. The molecule has 34 heavy (non-hydrogen) atoms. The van der Waals surface area contributed by atoms with Crippen molar-refractivity contribution in [2.24, 2.45) is 0 Å². The van der Waals surface area contributed by atoms with Crippen LogP contribution in [-0.2, 0) is 0 Å². The minimum atomic E-state index is -0.381. The Morgan fingerprint density at radius 3 is 2.24 bits per heavy atom. The lowest BCUT2D eigenvalue weighted by atomic mass is 10.0. The maximum Gasteiger partial charge on any atom is 0.269 e. The minimum absolute atomic E-state index is 0.0947. The molecule has 0 spiro atoms. The molecule has 172 valence electrons. The van der Waals surface area contributed by atoms with Gasteiger partial charge in [-0.15, -0.1) is 10.2 Å². The van der Waals surface area contributed by atoms with Crippen LogP contribution in [0.25, 0.3) is 11.5 Å². The fraction of sp³-hybridized carbons (Fsp3) is 0.200. The Balaban J connectivity index is 1.38. The van der Waals surface area contributed by atoms with Gasteiger partial charge in [-0.25, -0.2) is 0 Å². The first kappa shape index (κ1) is 22.1. The molecule has 0 N–H and O–H groups in total. The zero-order chi connectivity index (χ0) is 23.5. The highest BCUT2D eigenvalue weighted by atomic mass is 35.5. The van der Waals surface area contributed by atoms with Gasteiger partial charge in [-0.2, -0.15) is 0 Å². The third kappa shape index (κ3) is 4.50. The van der Waals surface area contributed by atoms with E-state index in [-0.39, 0.29) is 16.7 Å². The number of piperazine rings is 1. The van der Waals surface area contributed by atoms with Crippen LogP contribution in [0.5, 0.6) is 0 Å². The SMILES string of the molecule is O=[N+]([O-])c1ccc(N2CCN(C(c3ccccc3)c3nnc(-c4ccccc4Cl)o3)CC2)cc1. The predicted molar refractivity (Wildman–Crippen MR) is 130 cm³/mol. The van der Waals surface area contributed by atoms with E-state index >= 15 is 0 Å². The number of benzene rings is 3. The first-order valence-electron chi connectivity index (χ1n) is 11.0. The monoisotopic (exact) mass is 475 g/mol. The fourth-order valence-corrected chi connectivity index (χ4v) is 4.47. The number of nitrogens with zero attached hydrogens (tertiary/aromatic N) is 5. The summed E-state index contributed by atoms with van der Waals surface area (Å²) in [6.07, 6.45) is 0. The van der Waals surface area contributed by atoms with E-state index in [1.54, 1.807) is 30.3 Å². The molecule has 0 saturated carbocycles. The largest absolute Gasteiger partial charge is 0.419 e. The van der Waals surface area contributed by atoms with Crippen molar-refractivity contribution in [3.05, 3.63) is 105 Å². The highest BCUT2D eigenvalue weighted by Crippen LogP contribution is 2.33. The van der Waals surface area contributed by atoms with Gasteiger partial charge in [0.25, 0.3) is 5.69 Å². The number of hydrogen-bond donors (Lipinski definition) is 0. The maximum atomic E-state index is 10.9. The van der Waals surface area contributed by atoms with Crippen LogP contribution in [-0.4, -0.2) is 46.2 Å². The quantitative estimate of drug-likeness (QED) is 0.279. The van der Waals surface area contributed by atoms with Crippen LogP contribution in [0.2, 0.25) is 5.02 Å². The predicted octanol–water partition coefficient (Wildman–Crippen LogP) is 5.21. The van der Waals surface area contributed by atoms with E-state index in [0.29, 0.717) is 22.4 Å². The molecular formula is C25H22ClN5O3. The Kier molecular flexibility index (Phi) is 6.24. The number of aromatic nitrogens is 2. The molecule has 0 radical (unpaired) electrons. The molecule has 1 aliphatic rings. The molecule has 3 aromatic carbocycles. The Morgan fingerprint density at radius 1 is 0.882 bits per heavy atom. The van der Waals surface area contributed by atoms with E-state index in [2.05, 4.69) is 32.1 Å². The molecule has 0 aliphatic carbocycles. The molecule has 2 heterocycles. The first-order chi connectivity index (χ1) is 16.6. The van der Waals surface area contributed by atoms with Gasteiger partial charge in [-0.1, -0.05) is 54.1 Å². The molecule has 1 unspecified atom stereocenters. The summed E-state index contributed by atoms with van der Waals surface area (Å²) in [7, 11) is 0. The number of nitro groups is 1. The maximum absolute atomic E-state index is 10.9. The number of halogens is 1. The lowest BCUT2D eigenvalue weighted by Gasteiger charge is -2.39. The van der Waals surface area contributed by atoms with Gasteiger partial charge in [0.2, 0.25) is 11.8 Å². The molecule has 1 aliphatic heterocycles. The van der Waals surface area contributed by atoms with Crippen molar-refractivity contribution < 1.29 is 9.34 Å². The van der Waals surface area contributed by atoms with E-state index in [0.717, 1.165) is 37.4 Å². The van der Waals surface area contributed by atoms with Crippen molar-refractivity contribution in [3.8, 4) is 11.5 Å². The summed E-state index contributed by atoms with van der Waals surface area (Å²) in [5.74, 6) is 0.913. The lowest BCUT2D eigenvalue weighted by Crippen LogP contribution is -2.48. The van der Waals surface area contributed by atoms with Gasteiger partial charge in [0.05, 0.1) is 15.5 Å². The Morgan fingerprint density at radius 2 is 1.56 bits per heavy atom. The van der Waals surface area contributed by atoms with Crippen molar-refractivity contribution >= 4 is 23.0 Å². The fourth-order valence-electron chi connectivity index (χ4n) is 4.26. The van der Waals surface area contributed by atoms with Crippen molar-refractivity contribution in [1.82, 2.24) is 15.1 Å². The molecule has 1 atom stereocenters. The molecule has 1 fully saturated rings. The van der Waals surface area contributed by atoms with Crippen LogP contribution in [0, 0.1) is 10.1 Å². The van der Waals surface area contributed by atoms with E-state index in [1.165, 1.54) is 0 Å². The Hall–Kier alpha value is -3.75. The third-order valence-corrected chi connectivity index (χ3v) is 6.33. The summed E-state index contributed by atoms with van der Waals surface area (Å²) < 4.78 is 6.14. The summed E-state index contributed by atoms with van der Waals surface area (Å²) in [6, 6.07) is 24.0. The summed E-state index contributed by atoms with van der Waals surface area (Å²) in [5, 5.41) is 20.2. The number of anilines is 1. The number of hydrogen-bond acceptors (Lipinski definition) is 7. The van der Waals surface area contributed by atoms with E-state index in [4.69, 9.17) is 16.0 Å². The second kappa shape index (κ2) is 9.62. The topological polar surface area (TPSA) is 88.5 Å². The van der Waals surface area contributed by atoms with Crippen molar-refractivity contribution in [2.45, 2.75) is 6.04 Å². The molecule has 0 bridgehead atoms. The minimum Gasteiger partial charge on any atom is -0.419 e. The first-order valence-corrected chi connectivity index (χ1v) is 11.3. The zero-order valence-electron chi connectivity index (χ0n) is 18.3. The smallest absolute Gasteiger partial charge is 0.269 e. The Bertz CT molecular complexity index is 1270. The van der Waals surface area contributed by atoms with Crippen LogP contribution < -0.4 is 4.90 Å². The van der Waals surface area contributed by atoms with Gasteiger partial charge in [-0.05, 0) is 29.8 Å². The standard InChI is InChI=1S/C25H22ClN5O3/c26-22-9-5-4-8-21(22)24-27-28-25(34-24)23(18-6-2-1-3-7-18)30-16-14-29(15-17-30)19-10-12-20(13-11-19)31(32)33/h1-13,23H,14-17H2. The van der Waals surface area contributed by atoms with Gasteiger partial charge in [-0.3, -0.25) is 15.0 Å². The van der Waals surface area contributed by atoms with Crippen LogP contribution in [0.3, 0.4) is 0 Å².